The molecule has 0 amide bonds. The fourth-order valence-electron chi connectivity index (χ4n) is 1.90. The number of aromatic nitrogens is 1. The number of nitrogens with zero attached hydrogens (tertiary/aromatic N) is 2. The average molecular weight is 208 g/mol. The molecule has 2 nitrogen and oxygen atoms in total. The number of halogens is 2. The molecule has 0 bridgehead atoms. The SMILES string of the molecule is C.FC1(F)N2CC=BC2=Cc2cccn21. The molecule has 2 aliphatic heterocycles. The molecule has 0 aromatic carbocycles. The average Bonchev–Trinajstić information content (AvgIpc) is 2.71. The molecule has 0 atom stereocenters. The van der Waals surface area contributed by atoms with Crippen molar-refractivity contribution >= 4 is 19.0 Å². The summed E-state index contributed by atoms with van der Waals surface area (Å²) in [6.45, 7) is 2.00. The van der Waals surface area contributed by atoms with E-state index < -0.39 is 6.17 Å². The van der Waals surface area contributed by atoms with Crippen molar-refractivity contribution in [3.8, 4) is 0 Å². The molecular weight excluding hydrogens is 197 g/mol. The van der Waals surface area contributed by atoms with E-state index in [4.69, 9.17) is 0 Å². The van der Waals surface area contributed by atoms with Crippen molar-refractivity contribution in [3.63, 3.8) is 0 Å². The van der Waals surface area contributed by atoms with Crippen molar-refractivity contribution in [2.75, 3.05) is 6.54 Å². The fourth-order valence-corrected chi connectivity index (χ4v) is 1.90. The van der Waals surface area contributed by atoms with Crippen LogP contribution >= 0.6 is 0 Å². The maximum atomic E-state index is 13.8. The second-order valence-electron chi connectivity index (χ2n) is 3.39. The van der Waals surface area contributed by atoms with Gasteiger partial charge in [-0.15, -0.1) is 0 Å². The van der Waals surface area contributed by atoms with Crippen LogP contribution in [0.25, 0.3) is 6.08 Å². The van der Waals surface area contributed by atoms with E-state index in [-0.39, 0.29) is 14.0 Å². The molecule has 5 heteroatoms. The molecule has 0 aliphatic carbocycles. The number of hydrogen-bond acceptors (Lipinski definition) is 1. The van der Waals surface area contributed by atoms with Crippen LogP contribution in [-0.4, -0.2) is 28.9 Å². The van der Waals surface area contributed by atoms with E-state index >= 15 is 0 Å². The van der Waals surface area contributed by atoms with E-state index in [1.165, 1.54) is 6.20 Å². The van der Waals surface area contributed by atoms with Gasteiger partial charge in [-0.25, -0.2) is 0 Å². The van der Waals surface area contributed by atoms with Crippen LogP contribution in [0.2, 0.25) is 0 Å². The summed E-state index contributed by atoms with van der Waals surface area (Å²) in [5, 5.41) is 0. The van der Waals surface area contributed by atoms with E-state index in [1.807, 2.05) is 0 Å². The quantitative estimate of drug-likeness (QED) is 0.465. The van der Waals surface area contributed by atoms with E-state index in [0.29, 0.717) is 11.3 Å². The molecule has 0 N–H and O–H groups in total. The summed E-state index contributed by atoms with van der Waals surface area (Å²) < 4.78 is 28.6. The Kier molecular flexibility index (Phi) is 2.06. The molecule has 0 fully saturated rings. The first-order chi connectivity index (χ1) is 6.69. The van der Waals surface area contributed by atoms with Gasteiger partial charge in [0.25, 0.3) is 0 Å². The Labute approximate surface area is 87.7 Å². The van der Waals surface area contributed by atoms with E-state index in [0.717, 1.165) is 9.47 Å². The summed E-state index contributed by atoms with van der Waals surface area (Å²) in [5.41, 5.74) is 1.13. The van der Waals surface area contributed by atoms with Crippen molar-refractivity contribution < 1.29 is 8.78 Å². The standard InChI is InChI=1S/C9H7BF2N2.CH4/c11-9(12)13-4-1-2-7(13)6-8-10-3-5-14(8)9;/h1-4,6H,5H2;1H4. The molecule has 0 unspecified atom stereocenters. The topological polar surface area (TPSA) is 8.17 Å². The summed E-state index contributed by atoms with van der Waals surface area (Å²) in [5.74, 6) is 1.74. The van der Waals surface area contributed by atoms with Gasteiger partial charge in [0.1, 0.15) is 0 Å². The Morgan fingerprint density at radius 2 is 2.20 bits per heavy atom. The van der Waals surface area contributed by atoms with Crippen LogP contribution in [0.5, 0.6) is 0 Å². The van der Waals surface area contributed by atoms with Crippen molar-refractivity contribution in [2.24, 2.45) is 0 Å². The minimum absolute atomic E-state index is 0. The number of alkyl halides is 2. The van der Waals surface area contributed by atoms with Gasteiger partial charge < -0.3 is 0 Å². The van der Waals surface area contributed by atoms with Gasteiger partial charge in [-0.2, -0.15) is 0 Å². The third-order valence-electron chi connectivity index (χ3n) is 2.58. The van der Waals surface area contributed by atoms with Gasteiger partial charge in [0.05, 0.1) is 0 Å². The summed E-state index contributed by atoms with van der Waals surface area (Å²) in [6.07, 6.45) is 0.230. The predicted molar refractivity (Wildman–Crippen MR) is 57.9 cm³/mol. The van der Waals surface area contributed by atoms with Crippen LogP contribution in [0.1, 0.15) is 13.1 Å². The second kappa shape index (κ2) is 3.05. The first kappa shape index (κ1) is 10.1. The third-order valence-corrected chi connectivity index (χ3v) is 2.58. The van der Waals surface area contributed by atoms with Gasteiger partial charge in [-0.05, 0) is 0 Å². The van der Waals surface area contributed by atoms with Gasteiger partial charge in [0, 0.05) is 0 Å². The van der Waals surface area contributed by atoms with Crippen LogP contribution in [0.3, 0.4) is 0 Å². The van der Waals surface area contributed by atoms with Gasteiger partial charge in [0.15, 0.2) is 0 Å². The molecule has 1 aromatic heterocycles. The number of fused-ring (bicyclic) bond motifs is 2. The monoisotopic (exact) mass is 208 g/mol. The molecule has 3 rings (SSSR count). The molecule has 0 spiro atoms. The number of rotatable bonds is 0. The molecular formula is C10H11BF2N2. The van der Waals surface area contributed by atoms with Gasteiger partial charge >= 0.3 is 79.5 Å². The molecule has 78 valence electrons. The molecule has 0 saturated carbocycles. The molecule has 0 radical (unpaired) electrons. The van der Waals surface area contributed by atoms with E-state index in [1.54, 1.807) is 31.1 Å². The predicted octanol–water partition coefficient (Wildman–Crippen LogP) is 1.77. The summed E-state index contributed by atoms with van der Waals surface area (Å²) in [4.78, 5) is 1.08. The Balaban J connectivity index is 0.000000853. The summed E-state index contributed by atoms with van der Waals surface area (Å²) >= 11 is 0. The molecule has 2 aliphatic rings. The second-order valence-corrected chi connectivity index (χ2v) is 3.39. The van der Waals surface area contributed by atoms with Crippen molar-refractivity contribution in [1.29, 1.82) is 0 Å². The molecule has 1 aromatic rings. The van der Waals surface area contributed by atoms with Crippen molar-refractivity contribution in [1.82, 2.24) is 9.47 Å². The molecule has 15 heavy (non-hydrogen) atoms. The first-order valence-electron chi connectivity index (χ1n) is 4.41. The van der Waals surface area contributed by atoms with Crippen molar-refractivity contribution in [3.05, 3.63) is 29.6 Å². The van der Waals surface area contributed by atoms with Gasteiger partial charge in [-0.1, -0.05) is 7.43 Å². The molecule has 3 heterocycles. The third kappa shape index (κ3) is 1.19. The maximum absolute atomic E-state index is 13.8. The van der Waals surface area contributed by atoms with Crippen LogP contribution in [-0.2, 0) is 6.17 Å². The summed E-state index contributed by atoms with van der Waals surface area (Å²) in [6, 6.07) is 3.32. The zero-order valence-corrected chi connectivity index (χ0v) is 7.32. The fraction of sp³-hybridized carbons (Fsp3) is 0.300. The van der Waals surface area contributed by atoms with Crippen LogP contribution in [0.15, 0.2) is 23.9 Å². The van der Waals surface area contributed by atoms with E-state index in [9.17, 15) is 8.78 Å². The Morgan fingerprint density at radius 1 is 1.40 bits per heavy atom. The molecule has 0 saturated heterocycles. The summed E-state index contributed by atoms with van der Waals surface area (Å²) in [7, 11) is 0. The van der Waals surface area contributed by atoms with E-state index in [2.05, 4.69) is 0 Å². The van der Waals surface area contributed by atoms with Crippen LogP contribution < -0.4 is 0 Å². The Hall–Kier alpha value is -1.39. The minimum atomic E-state index is -2.94. The normalized spacial score (nSPS) is 19.9. The Bertz CT molecular complexity index is 448. The number of hydrogen-bond donors (Lipinski definition) is 0. The van der Waals surface area contributed by atoms with Gasteiger partial charge in [0.2, 0.25) is 0 Å². The van der Waals surface area contributed by atoms with Crippen molar-refractivity contribution in [2.45, 2.75) is 13.6 Å². The Morgan fingerprint density at radius 3 is 3.00 bits per heavy atom. The zero-order valence-electron chi connectivity index (χ0n) is 7.32. The van der Waals surface area contributed by atoms with Crippen LogP contribution in [0.4, 0.5) is 8.78 Å². The van der Waals surface area contributed by atoms with Crippen LogP contribution in [0, 0.1) is 0 Å². The first-order valence-corrected chi connectivity index (χ1v) is 4.41. The van der Waals surface area contributed by atoms with Gasteiger partial charge in [-0.3, -0.25) is 0 Å². The zero-order chi connectivity index (χ0) is 9.76.